The molecule has 2 amide bonds. The molecule has 0 bridgehead atoms. The molecule has 33 heavy (non-hydrogen) atoms. The van der Waals surface area contributed by atoms with E-state index in [0.717, 1.165) is 23.4 Å². The van der Waals surface area contributed by atoms with Crippen LogP contribution in [0.2, 0.25) is 0 Å². The minimum absolute atomic E-state index is 0.0907. The van der Waals surface area contributed by atoms with Crippen LogP contribution in [0.5, 0.6) is 17.2 Å². The fraction of sp³-hybridized carbons (Fsp3) is 0.292. The molecule has 9 heteroatoms. The van der Waals surface area contributed by atoms with Crippen molar-refractivity contribution in [3.8, 4) is 28.5 Å². The molecular weight excluding hydrogens is 442 g/mol. The maximum atomic E-state index is 12.9. The number of benzene rings is 2. The maximum Gasteiger partial charge on any atom is 0.231 e. The summed E-state index contributed by atoms with van der Waals surface area (Å²) in [6, 6.07) is 11.4. The van der Waals surface area contributed by atoms with Crippen LogP contribution >= 0.6 is 11.3 Å². The van der Waals surface area contributed by atoms with Crippen molar-refractivity contribution in [1.29, 1.82) is 0 Å². The highest BCUT2D eigenvalue weighted by Gasteiger charge is 2.36. The molecule has 3 aromatic rings. The fourth-order valence-electron chi connectivity index (χ4n) is 4.35. The van der Waals surface area contributed by atoms with Gasteiger partial charge in [-0.15, -0.1) is 11.3 Å². The molecule has 1 aromatic heterocycles. The van der Waals surface area contributed by atoms with Crippen LogP contribution in [-0.4, -0.2) is 43.2 Å². The molecular formula is C24H21N3O5S. The summed E-state index contributed by atoms with van der Waals surface area (Å²) in [6.45, 7) is 2.01. The lowest BCUT2D eigenvalue weighted by molar-refractivity contribution is -0.122. The number of carbonyl (C=O) groups is 2. The first kappa shape index (κ1) is 20.0. The Labute approximate surface area is 194 Å². The number of rotatable bonds is 4. The van der Waals surface area contributed by atoms with Crippen molar-refractivity contribution >= 4 is 34.0 Å². The highest BCUT2D eigenvalue weighted by Crippen LogP contribution is 2.36. The number of hydrogen-bond acceptors (Lipinski definition) is 7. The van der Waals surface area contributed by atoms with Crippen LogP contribution in [0.25, 0.3) is 11.3 Å². The molecule has 1 fully saturated rings. The number of hydrogen-bond donors (Lipinski definition) is 1. The number of anilines is 2. The van der Waals surface area contributed by atoms with Crippen molar-refractivity contribution in [2.24, 2.45) is 5.92 Å². The van der Waals surface area contributed by atoms with E-state index in [0.29, 0.717) is 48.7 Å². The molecule has 0 saturated carbocycles. The van der Waals surface area contributed by atoms with E-state index in [1.54, 1.807) is 17.0 Å². The quantitative estimate of drug-likeness (QED) is 0.637. The third kappa shape index (κ3) is 3.78. The molecule has 3 aliphatic rings. The topological polar surface area (TPSA) is 90.0 Å². The third-order valence-corrected chi connectivity index (χ3v) is 6.81. The lowest BCUT2D eigenvalue weighted by Crippen LogP contribution is -2.28. The van der Waals surface area contributed by atoms with Gasteiger partial charge in [0, 0.05) is 42.1 Å². The predicted molar refractivity (Wildman–Crippen MR) is 123 cm³/mol. The van der Waals surface area contributed by atoms with Crippen molar-refractivity contribution in [3.63, 3.8) is 0 Å². The highest BCUT2D eigenvalue weighted by molar-refractivity contribution is 7.14. The van der Waals surface area contributed by atoms with Crippen LogP contribution in [0.4, 0.5) is 10.8 Å². The number of carbonyl (C=O) groups excluding carboxylic acids is 2. The van der Waals surface area contributed by atoms with Gasteiger partial charge in [0.2, 0.25) is 11.8 Å². The number of ether oxygens (including phenoxy) is 3. The zero-order valence-electron chi connectivity index (χ0n) is 17.7. The molecule has 168 valence electrons. The second-order valence-electron chi connectivity index (χ2n) is 8.18. The number of amides is 2. The van der Waals surface area contributed by atoms with Crippen LogP contribution in [0.15, 0.2) is 41.8 Å². The molecule has 8 nitrogen and oxygen atoms in total. The van der Waals surface area contributed by atoms with Crippen LogP contribution < -0.4 is 24.4 Å². The van der Waals surface area contributed by atoms with E-state index < -0.39 is 5.92 Å². The number of nitrogens with one attached hydrogen (secondary N) is 1. The minimum atomic E-state index is -0.449. The molecule has 4 heterocycles. The van der Waals surface area contributed by atoms with Gasteiger partial charge < -0.3 is 24.4 Å². The summed E-state index contributed by atoms with van der Waals surface area (Å²) in [5.41, 5.74) is 3.69. The first-order valence-corrected chi connectivity index (χ1v) is 11.7. The Morgan fingerprint density at radius 2 is 1.85 bits per heavy atom. The lowest BCUT2D eigenvalue weighted by atomic mass is 10.1. The Balaban J connectivity index is 1.13. The second-order valence-corrected chi connectivity index (χ2v) is 9.04. The molecule has 6 rings (SSSR count). The third-order valence-electron chi connectivity index (χ3n) is 6.05. The number of nitrogens with zero attached hydrogens (tertiary/aromatic N) is 2. The van der Waals surface area contributed by atoms with Crippen molar-refractivity contribution in [3.05, 3.63) is 47.3 Å². The average molecular weight is 464 g/mol. The van der Waals surface area contributed by atoms with Gasteiger partial charge in [0.15, 0.2) is 16.6 Å². The number of thiazole rings is 1. The van der Waals surface area contributed by atoms with Crippen molar-refractivity contribution in [2.75, 3.05) is 36.6 Å². The zero-order chi connectivity index (χ0) is 22.4. The molecule has 0 aliphatic carbocycles. The van der Waals surface area contributed by atoms with E-state index in [1.807, 2.05) is 23.6 Å². The van der Waals surface area contributed by atoms with E-state index >= 15 is 0 Å². The standard InChI is InChI=1S/C24H21N3O5S/c28-22-10-16(12-27(22)17-2-4-20-21(11-17)32-8-7-31-20)23(29)26-24-25-18(13-33-24)14-1-3-19-15(9-14)5-6-30-19/h1-4,9,11,13,16H,5-8,10,12H2,(H,25,26,29). The van der Waals surface area contributed by atoms with Crippen LogP contribution in [0.1, 0.15) is 12.0 Å². The Kier molecular flexibility index (Phi) is 4.91. The fourth-order valence-corrected chi connectivity index (χ4v) is 5.07. The summed E-state index contributed by atoms with van der Waals surface area (Å²) in [6.07, 6.45) is 1.05. The van der Waals surface area contributed by atoms with Crippen LogP contribution in [0.3, 0.4) is 0 Å². The van der Waals surface area contributed by atoms with Crippen LogP contribution in [0, 0.1) is 5.92 Å². The van der Waals surface area contributed by atoms with Gasteiger partial charge in [0.05, 0.1) is 18.2 Å². The van der Waals surface area contributed by atoms with Gasteiger partial charge in [-0.1, -0.05) is 0 Å². The van der Waals surface area contributed by atoms with Crippen LogP contribution in [-0.2, 0) is 16.0 Å². The minimum Gasteiger partial charge on any atom is -0.493 e. The van der Waals surface area contributed by atoms with E-state index in [-0.39, 0.29) is 18.2 Å². The van der Waals surface area contributed by atoms with Gasteiger partial charge in [0.25, 0.3) is 0 Å². The zero-order valence-corrected chi connectivity index (χ0v) is 18.5. The second kappa shape index (κ2) is 8.08. The first-order chi connectivity index (χ1) is 16.1. The smallest absolute Gasteiger partial charge is 0.231 e. The highest BCUT2D eigenvalue weighted by atomic mass is 32.1. The first-order valence-electron chi connectivity index (χ1n) is 10.9. The van der Waals surface area contributed by atoms with Gasteiger partial charge in [-0.3, -0.25) is 9.59 Å². The van der Waals surface area contributed by atoms with Gasteiger partial charge >= 0.3 is 0 Å². The maximum absolute atomic E-state index is 12.9. The van der Waals surface area contributed by atoms with E-state index in [2.05, 4.69) is 16.4 Å². The largest absolute Gasteiger partial charge is 0.493 e. The monoisotopic (exact) mass is 463 g/mol. The van der Waals surface area contributed by atoms with Gasteiger partial charge in [0.1, 0.15) is 19.0 Å². The number of aromatic nitrogens is 1. The van der Waals surface area contributed by atoms with E-state index in [9.17, 15) is 9.59 Å². The summed E-state index contributed by atoms with van der Waals surface area (Å²) in [4.78, 5) is 31.7. The van der Waals surface area contributed by atoms with Gasteiger partial charge in [-0.2, -0.15) is 0 Å². The Morgan fingerprint density at radius 3 is 2.76 bits per heavy atom. The Bertz CT molecular complexity index is 1260. The molecule has 1 saturated heterocycles. The van der Waals surface area contributed by atoms with Gasteiger partial charge in [-0.05, 0) is 35.9 Å². The summed E-state index contributed by atoms with van der Waals surface area (Å²) in [5.74, 6) is 1.47. The van der Waals surface area contributed by atoms with E-state index in [4.69, 9.17) is 14.2 Å². The SMILES string of the molecule is O=C(Nc1nc(-c2ccc3c(c2)CCO3)cs1)C1CC(=O)N(c2ccc3c(c2)OCCO3)C1. The summed E-state index contributed by atoms with van der Waals surface area (Å²) < 4.78 is 16.7. The Hall–Kier alpha value is -3.59. The summed E-state index contributed by atoms with van der Waals surface area (Å²) >= 11 is 1.37. The molecule has 0 radical (unpaired) electrons. The molecule has 1 N–H and O–H groups in total. The summed E-state index contributed by atoms with van der Waals surface area (Å²) in [7, 11) is 0. The molecule has 1 atom stereocenters. The summed E-state index contributed by atoms with van der Waals surface area (Å²) in [5, 5.41) is 5.34. The van der Waals surface area contributed by atoms with Crippen molar-refractivity contribution in [1.82, 2.24) is 4.98 Å². The Morgan fingerprint density at radius 1 is 1.03 bits per heavy atom. The molecule has 3 aliphatic heterocycles. The predicted octanol–water partition coefficient (Wildman–Crippen LogP) is 3.51. The molecule has 0 spiro atoms. The number of fused-ring (bicyclic) bond motifs is 2. The van der Waals surface area contributed by atoms with E-state index in [1.165, 1.54) is 16.9 Å². The molecule has 1 unspecified atom stereocenters. The van der Waals surface area contributed by atoms with Gasteiger partial charge in [-0.25, -0.2) is 4.98 Å². The van der Waals surface area contributed by atoms with Crippen molar-refractivity contribution in [2.45, 2.75) is 12.8 Å². The normalized spacial score (nSPS) is 18.7. The van der Waals surface area contributed by atoms with Crippen molar-refractivity contribution < 1.29 is 23.8 Å². The lowest BCUT2D eigenvalue weighted by Gasteiger charge is -2.22. The molecule has 2 aromatic carbocycles. The average Bonchev–Trinajstić information content (AvgIpc) is 3.58.